The minimum atomic E-state index is -0.693. The molecule has 2 aromatic carbocycles. The molecule has 3 nitrogen and oxygen atoms in total. The van der Waals surface area contributed by atoms with Crippen molar-refractivity contribution in [3.05, 3.63) is 60.4 Å². The number of para-hydroxylation sites is 1. The number of hydrogen-bond acceptors (Lipinski definition) is 2. The molecule has 0 aliphatic heterocycles. The summed E-state index contributed by atoms with van der Waals surface area (Å²) in [5, 5.41) is 0. The average Bonchev–Trinajstić information content (AvgIpc) is 2.46. The highest BCUT2D eigenvalue weighted by Gasteiger charge is 2.20. The molecule has 1 amide bonds. The van der Waals surface area contributed by atoms with Crippen LogP contribution in [0.4, 0.5) is 10.1 Å². The summed E-state index contributed by atoms with van der Waals surface area (Å²) in [6, 6.07) is 15.0. The van der Waals surface area contributed by atoms with Gasteiger partial charge >= 0.3 is 0 Å². The molecule has 0 saturated carbocycles. The Labute approximate surface area is 117 Å². The zero-order chi connectivity index (χ0) is 14.5. The van der Waals surface area contributed by atoms with E-state index in [0.29, 0.717) is 5.75 Å². The summed E-state index contributed by atoms with van der Waals surface area (Å²) in [6.07, 6.45) is -0.693. The molecule has 0 saturated heterocycles. The van der Waals surface area contributed by atoms with Crippen molar-refractivity contribution < 1.29 is 13.9 Å². The number of ether oxygens (including phenoxy) is 1. The Morgan fingerprint density at radius 1 is 1.15 bits per heavy atom. The zero-order valence-electron chi connectivity index (χ0n) is 11.4. The second-order valence-electron chi connectivity index (χ2n) is 4.45. The summed E-state index contributed by atoms with van der Waals surface area (Å²) >= 11 is 0. The van der Waals surface area contributed by atoms with Gasteiger partial charge in [-0.15, -0.1) is 0 Å². The molecule has 0 bridgehead atoms. The number of hydrogen-bond donors (Lipinski definition) is 0. The first kappa shape index (κ1) is 14.1. The van der Waals surface area contributed by atoms with Crippen molar-refractivity contribution >= 4 is 11.6 Å². The van der Waals surface area contributed by atoms with Crippen LogP contribution in [0.15, 0.2) is 54.6 Å². The van der Waals surface area contributed by atoms with E-state index in [1.165, 1.54) is 17.0 Å². The van der Waals surface area contributed by atoms with E-state index in [2.05, 4.69) is 0 Å². The van der Waals surface area contributed by atoms with Crippen LogP contribution in [0.25, 0.3) is 0 Å². The first-order valence-electron chi connectivity index (χ1n) is 6.33. The minimum absolute atomic E-state index is 0.194. The summed E-state index contributed by atoms with van der Waals surface area (Å²) in [7, 11) is 1.68. The third-order valence-corrected chi connectivity index (χ3v) is 2.93. The number of halogens is 1. The lowest BCUT2D eigenvalue weighted by molar-refractivity contribution is -0.124. The van der Waals surface area contributed by atoms with Crippen molar-refractivity contribution in [1.29, 1.82) is 0 Å². The van der Waals surface area contributed by atoms with E-state index in [1.807, 2.05) is 30.3 Å². The minimum Gasteiger partial charge on any atom is -0.481 e. The standard InChI is InChI=1S/C16H16FNO2/c1-12(20-15-10-6-7-13(17)11-15)16(19)18(2)14-8-4-3-5-9-14/h3-12H,1-2H3. The van der Waals surface area contributed by atoms with Crippen molar-refractivity contribution in [2.75, 3.05) is 11.9 Å². The summed E-state index contributed by atoms with van der Waals surface area (Å²) in [5.74, 6) is -0.244. The Bertz CT molecular complexity index is 586. The number of benzene rings is 2. The van der Waals surface area contributed by atoms with Crippen LogP contribution >= 0.6 is 0 Å². The first-order valence-corrected chi connectivity index (χ1v) is 6.33. The van der Waals surface area contributed by atoms with Crippen LogP contribution in [0.1, 0.15) is 6.92 Å². The van der Waals surface area contributed by atoms with Crippen molar-refractivity contribution in [3.63, 3.8) is 0 Å². The topological polar surface area (TPSA) is 29.5 Å². The molecule has 0 aliphatic carbocycles. The quantitative estimate of drug-likeness (QED) is 0.855. The van der Waals surface area contributed by atoms with Crippen molar-refractivity contribution in [2.24, 2.45) is 0 Å². The summed E-state index contributed by atoms with van der Waals surface area (Å²) in [4.78, 5) is 13.8. The van der Waals surface area contributed by atoms with Gasteiger partial charge in [-0.25, -0.2) is 4.39 Å². The molecule has 1 atom stereocenters. The number of nitrogens with zero attached hydrogens (tertiary/aromatic N) is 1. The van der Waals surface area contributed by atoms with Crippen molar-refractivity contribution in [1.82, 2.24) is 0 Å². The fourth-order valence-electron chi connectivity index (χ4n) is 1.85. The normalized spacial score (nSPS) is 11.8. The average molecular weight is 273 g/mol. The van der Waals surface area contributed by atoms with Gasteiger partial charge in [-0.05, 0) is 31.2 Å². The molecule has 2 aromatic rings. The molecule has 0 fully saturated rings. The third-order valence-electron chi connectivity index (χ3n) is 2.93. The van der Waals surface area contributed by atoms with Crippen LogP contribution in [-0.2, 0) is 4.79 Å². The summed E-state index contributed by atoms with van der Waals surface area (Å²) in [6.45, 7) is 1.65. The highest BCUT2D eigenvalue weighted by atomic mass is 19.1. The van der Waals surface area contributed by atoms with Gasteiger partial charge in [0.2, 0.25) is 0 Å². The largest absolute Gasteiger partial charge is 0.481 e. The maximum atomic E-state index is 13.1. The third kappa shape index (κ3) is 3.35. The van der Waals surface area contributed by atoms with Gasteiger partial charge in [-0.3, -0.25) is 4.79 Å². The highest BCUT2D eigenvalue weighted by Crippen LogP contribution is 2.17. The number of carbonyl (C=O) groups is 1. The second-order valence-corrected chi connectivity index (χ2v) is 4.45. The van der Waals surface area contributed by atoms with E-state index < -0.39 is 11.9 Å². The van der Waals surface area contributed by atoms with Crippen molar-refractivity contribution in [3.8, 4) is 5.75 Å². The molecular weight excluding hydrogens is 257 g/mol. The predicted molar refractivity (Wildman–Crippen MR) is 76.3 cm³/mol. The Kier molecular flexibility index (Phi) is 4.35. The maximum absolute atomic E-state index is 13.1. The molecule has 0 N–H and O–H groups in total. The van der Waals surface area contributed by atoms with E-state index in [-0.39, 0.29) is 5.91 Å². The lowest BCUT2D eigenvalue weighted by Crippen LogP contribution is -2.38. The molecule has 4 heteroatoms. The highest BCUT2D eigenvalue weighted by molar-refractivity contribution is 5.95. The Morgan fingerprint density at radius 2 is 1.85 bits per heavy atom. The van der Waals surface area contributed by atoms with Gasteiger partial charge in [0.25, 0.3) is 5.91 Å². The van der Waals surface area contributed by atoms with Gasteiger partial charge < -0.3 is 9.64 Å². The van der Waals surface area contributed by atoms with Gasteiger partial charge in [0.15, 0.2) is 6.10 Å². The van der Waals surface area contributed by atoms with E-state index >= 15 is 0 Å². The molecule has 1 unspecified atom stereocenters. The fraction of sp³-hybridized carbons (Fsp3) is 0.188. The molecule has 20 heavy (non-hydrogen) atoms. The fourth-order valence-corrected chi connectivity index (χ4v) is 1.85. The number of amides is 1. The Balaban J connectivity index is 2.05. The Hall–Kier alpha value is -2.36. The van der Waals surface area contributed by atoms with Gasteiger partial charge in [-0.1, -0.05) is 24.3 Å². The zero-order valence-corrected chi connectivity index (χ0v) is 11.4. The SMILES string of the molecule is CC(Oc1cccc(F)c1)C(=O)N(C)c1ccccc1. The van der Waals surface area contributed by atoms with Crippen LogP contribution in [0.5, 0.6) is 5.75 Å². The summed E-state index contributed by atoms with van der Waals surface area (Å²) < 4.78 is 18.5. The number of likely N-dealkylation sites (N-methyl/N-ethyl adjacent to an activating group) is 1. The first-order chi connectivity index (χ1) is 9.58. The smallest absolute Gasteiger partial charge is 0.267 e. The molecule has 0 radical (unpaired) electrons. The van der Waals surface area contributed by atoms with Gasteiger partial charge in [0, 0.05) is 18.8 Å². The Morgan fingerprint density at radius 3 is 2.50 bits per heavy atom. The van der Waals surface area contributed by atoms with Gasteiger partial charge in [0.05, 0.1) is 0 Å². The molecule has 2 rings (SSSR count). The molecule has 0 heterocycles. The molecule has 0 spiro atoms. The van der Waals surface area contributed by atoms with Crippen LogP contribution in [0, 0.1) is 5.82 Å². The van der Waals surface area contributed by atoms with Crippen LogP contribution < -0.4 is 9.64 Å². The number of anilines is 1. The van der Waals surface area contributed by atoms with Crippen LogP contribution in [-0.4, -0.2) is 19.1 Å². The van der Waals surface area contributed by atoms with Crippen molar-refractivity contribution in [2.45, 2.75) is 13.0 Å². The van der Waals surface area contributed by atoms with E-state index in [9.17, 15) is 9.18 Å². The molecule has 0 aliphatic rings. The number of carbonyl (C=O) groups excluding carboxylic acids is 1. The van der Waals surface area contributed by atoms with E-state index in [0.717, 1.165) is 5.69 Å². The van der Waals surface area contributed by atoms with Gasteiger partial charge in [0.1, 0.15) is 11.6 Å². The molecule has 0 aromatic heterocycles. The van der Waals surface area contributed by atoms with Gasteiger partial charge in [-0.2, -0.15) is 0 Å². The number of rotatable bonds is 4. The van der Waals surface area contributed by atoms with E-state index in [1.54, 1.807) is 26.1 Å². The molecule has 104 valence electrons. The lowest BCUT2D eigenvalue weighted by Gasteiger charge is -2.22. The second kappa shape index (κ2) is 6.19. The lowest BCUT2D eigenvalue weighted by atomic mass is 10.2. The summed E-state index contributed by atoms with van der Waals surface area (Å²) in [5.41, 5.74) is 0.784. The monoisotopic (exact) mass is 273 g/mol. The predicted octanol–water partition coefficient (Wildman–Crippen LogP) is 3.26. The molecular formula is C16H16FNO2. The van der Waals surface area contributed by atoms with Crippen LogP contribution in [0.3, 0.4) is 0 Å². The maximum Gasteiger partial charge on any atom is 0.267 e. The van der Waals surface area contributed by atoms with Crippen LogP contribution in [0.2, 0.25) is 0 Å². The van der Waals surface area contributed by atoms with E-state index in [4.69, 9.17) is 4.74 Å².